The lowest BCUT2D eigenvalue weighted by molar-refractivity contribution is 0.305. The summed E-state index contributed by atoms with van der Waals surface area (Å²) in [6, 6.07) is 14.8. The fraction of sp³-hybridized carbons (Fsp3) is 0.391. The Kier molecular flexibility index (Phi) is 7.78. The van der Waals surface area contributed by atoms with Crippen LogP contribution in [0.2, 0.25) is 0 Å². The van der Waals surface area contributed by atoms with Crippen molar-refractivity contribution in [2.45, 2.75) is 54.6 Å². The molecule has 0 unspecified atom stereocenters. The molecule has 0 fully saturated rings. The van der Waals surface area contributed by atoms with Crippen LogP contribution >= 0.6 is 0 Å². The van der Waals surface area contributed by atoms with Crippen LogP contribution in [0, 0.1) is 12.3 Å². The lowest BCUT2D eigenvalue weighted by Gasteiger charge is -2.19. The zero-order valence-electron chi connectivity index (χ0n) is 16.1. The van der Waals surface area contributed by atoms with Gasteiger partial charge in [-0.1, -0.05) is 83.2 Å². The molecule has 0 heterocycles. The zero-order valence-corrected chi connectivity index (χ0v) is 16.1. The van der Waals surface area contributed by atoms with Gasteiger partial charge in [-0.3, -0.25) is 0 Å². The monoisotopic (exact) mass is 324 g/mol. The van der Waals surface area contributed by atoms with Gasteiger partial charge in [-0.25, -0.2) is 0 Å². The Bertz CT molecular complexity index is 630. The Morgan fingerprint density at radius 3 is 2.12 bits per heavy atom. The second-order valence-electron chi connectivity index (χ2n) is 7.13. The summed E-state index contributed by atoms with van der Waals surface area (Å²) in [5, 5.41) is 0. The van der Waals surface area contributed by atoms with Crippen molar-refractivity contribution >= 4 is 6.08 Å². The van der Waals surface area contributed by atoms with E-state index < -0.39 is 0 Å². The summed E-state index contributed by atoms with van der Waals surface area (Å²) in [5.74, 6) is 0.914. The van der Waals surface area contributed by atoms with E-state index in [2.05, 4.69) is 70.7 Å². The Morgan fingerprint density at radius 2 is 1.58 bits per heavy atom. The molecule has 0 aromatic heterocycles. The largest absolute Gasteiger partial charge is 0.489 e. The average Bonchev–Trinajstić information content (AvgIpc) is 2.54. The first-order valence-corrected chi connectivity index (χ1v) is 8.80. The number of rotatable bonds is 5. The highest BCUT2D eigenvalue weighted by Crippen LogP contribution is 2.26. The van der Waals surface area contributed by atoms with Gasteiger partial charge < -0.3 is 4.74 Å². The normalized spacial score (nSPS) is 10.6. The van der Waals surface area contributed by atoms with Gasteiger partial charge >= 0.3 is 0 Å². The first-order valence-electron chi connectivity index (χ1n) is 8.80. The fourth-order valence-corrected chi connectivity index (χ4v) is 2.45. The molecular weight excluding hydrogens is 292 g/mol. The molecule has 0 radical (unpaired) electrons. The van der Waals surface area contributed by atoms with Crippen molar-refractivity contribution in [3.63, 3.8) is 0 Å². The van der Waals surface area contributed by atoms with Crippen LogP contribution in [0.3, 0.4) is 0 Å². The second kappa shape index (κ2) is 9.32. The number of hydrogen-bond acceptors (Lipinski definition) is 1. The van der Waals surface area contributed by atoms with E-state index in [0.29, 0.717) is 6.61 Å². The SMILES string of the molecule is C=Cc1cc(CC(C)(C)C)cc(OCc2ccc(C)cc2)c1.CC. The van der Waals surface area contributed by atoms with Crippen LogP contribution in [0.5, 0.6) is 5.75 Å². The van der Waals surface area contributed by atoms with Crippen LogP contribution in [0.25, 0.3) is 6.08 Å². The lowest BCUT2D eigenvalue weighted by atomic mass is 9.87. The molecule has 0 aliphatic carbocycles. The molecule has 1 nitrogen and oxygen atoms in total. The molecule has 0 aliphatic heterocycles. The average molecular weight is 325 g/mol. The first kappa shape index (κ1) is 20.0. The smallest absolute Gasteiger partial charge is 0.120 e. The zero-order chi connectivity index (χ0) is 18.2. The van der Waals surface area contributed by atoms with E-state index in [1.54, 1.807) is 0 Å². The Labute approximate surface area is 148 Å². The van der Waals surface area contributed by atoms with Crippen molar-refractivity contribution in [1.82, 2.24) is 0 Å². The minimum atomic E-state index is 0.258. The predicted octanol–water partition coefficient (Wildman–Crippen LogP) is 6.83. The summed E-state index contributed by atoms with van der Waals surface area (Å²) in [4.78, 5) is 0. The number of ether oxygens (including phenoxy) is 1. The highest BCUT2D eigenvalue weighted by atomic mass is 16.5. The summed E-state index contributed by atoms with van der Waals surface area (Å²) in [5.41, 5.74) is 5.12. The molecule has 0 atom stereocenters. The predicted molar refractivity (Wildman–Crippen MR) is 107 cm³/mol. The second-order valence-corrected chi connectivity index (χ2v) is 7.13. The number of hydrogen-bond donors (Lipinski definition) is 0. The first-order chi connectivity index (χ1) is 11.4. The standard InChI is InChI=1S/C21H26O.C2H6/c1-6-17-11-19(14-21(3,4)5)13-20(12-17)22-15-18-9-7-16(2)8-10-18;1-2/h6-13H,1,14-15H2,2-5H3;1-2H3. The van der Waals surface area contributed by atoms with Gasteiger partial charge in [0, 0.05) is 0 Å². The van der Waals surface area contributed by atoms with Crippen LogP contribution in [0.4, 0.5) is 0 Å². The van der Waals surface area contributed by atoms with Crippen LogP contribution in [0.1, 0.15) is 56.9 Å². The molecule has 0 bridgehead atoms. The molecule has 0 N–H and O–H groups in total. The van der Waals surface area contributed by atoms with Gasteiger partial charge in [0.15, 0.2) is 0 Å². The maximum absolute atomic E-state index is 5.98. The topological polar surface area (TPSA) is 9.23 Å². The lowest BCUT2D eigenvalue weighted by Crippen LogP contribution is -2.09. The summed E-state index contributed by atoms with van der Waals surface area (Å²) in [7, 11) is 0. The van der Waals surface area contributed by atoms with Crippen molar-refractivity contribution in [1.29, 1.82) is 0 Å². The molecule has 0 saturated carbocycles. The summed E-state index contributed by atoms with van der Waals surface area (Å²) >= 11 is 0. The molecule has 0 spiro atoms. The molecule has 2 rings (SSSR count). The molecule has 2 aromatic carbocycles. The molecule has 0 aliphatic rings. The van der Waals surface area contributed by atoms with Gasteiger partial charge in [0.25, 0.3) is 0 Å². The van der Waals surface area contributed by atoms with Crippen LogP contribution in [-0.2, 0) is 13.0 Å². The van der Waals surface area contributed by atoms with E-state index in [4.69, 9.17) is 4.74 Å². The summed E-state index contributed by atoms with van der Waals surface area (Å²) < 4.78 is 5.98. The fourth-order valence-electron chi connectivity index (χ4n) is 2.45. The minimum absolute atomic E-state index is 0.258. The van der Waals surface area contributed by atoms with Gasteiger partial charge in [-0.2, -0.15) is 0 Å². The van der Waals surface area contributed by atoms with Crippen molar-refractivity contribution < 1.29 is 4.74 Å². The van der Waals surface area contributed by atoms with Crippen molar-refractivity contribution in [2.24, 2.45) is 5.41 Å². The van der Waals surface area contributed by atoms with E-state index in [-0.39, 0.29) is 5.41 Å². The van der Waals surface area contributed by atoms with Gasteiger partial charge in [0.2, 0.25) is 0 Å². The van der Waals surface area contributed by atoms with Crippen molar-refractivity contribution in [3.8, 4) is 5.75 Å². The van der Waals surface area contributed by atoms with E-state index in [1.165, 1.54) is 16.7 Å². The number of aryl methyl sites for hydroxylation is 1. The van der Waals surface area contributed by atoms with Gasteiger partial charge in [-0.05, 0) is 47.6 Å². The Hall–Kier alpha value is -2.02. The molecule has 24 heavy (non-hydrogen) atoms. The number of benzene rings is 2. The Morgan fingerprint density at radius 1 is 0.958 bits per heavy atom. The van der Waals surface area contributed by atoms with E-state index in [9.17, 15) is 0 Å². The highest BCUT2D eigenvalue weighted by molar-refractivity contribution is 5.52. The minimum Gasteiger partial charge on any atom is -0.489 e. The maximum atomic E-state index is 5.98. The molecule has 0 amide bonds. The van der Waals surface area contributed by atoms with Crippen LogP contribution in [0.15, 0.2) is 49.0 Å². The molecule has 1 heteroatoms. The Balaban J connectivity index is 0.00000139. The van der Waals surface area contributed by atoms with Crippen LogP contribution in [-0.4, -0.2) is 0 Å². The van der Waals surface area contributed by atoms with Gasteiger partial charge in [0.1, 0.15) is 12.4 Å². The quantitative estimate of drug-likeness (QED) is 0.585. The van der Waals surface area contributed by atoms with E-state index in [1.807, 2.05) is 26.0 Å². The molecule has 2 aromatic rings. The summed E-state index contributed by atoms with van der Waals surface area (Å²) in [6.45, 7) is 17.3. The van der Waals surface area contributed by atoms with E-state index in [0.717, 1.165) is 17.7 Å². The van der Waals surface area contributed by atoms with Gasteiger partial charge in [-0.15, -0.1) is 0 Å². The van der Waals surface area contributed by atoms with Gasteiger partial charge in [0.05, 0.1) is 0 Å². The molecular formula is C23H32O. The third kappa shape index (κ3) is 7.04. The van der Waals surface area contributed by atoms with Crippen molar-refractivity contribution in [3.05, 3.63) is 71.3 Å². The van der Waals surface area contributed by atoms with E-state index >= 15 is 0 Å². The summed E-state index contributed by atoms with van der Waals surface area (Å²) in [6.07, 6.45) is 2.90. The van der Waals surface area contributed by atoms with Crippen molar-refractivity contribution in [2.75, 3.05) is 0 Å². The molecule has 130 valence electrons. The highest BCUT2D eigenvalue weighted by Gasteiger charge is 2.12. The van der Waals surface area contributed by atoms with Crippen LogP contribution < -0.4 is 4.74 Å². The molecule has 0 saturated heterocycles. The third-order valence-electron chi connectivity index (χ3n) is 3.48. The maximum Gasteiger partial charge on any atom is 0.120 e. The third-order valence-corrected chi connectivity index (χ3v) is 3.48.